The molecule has 0 radical (unpaired) electrons. The standard InChI is InChI=1S/C14H26N2O2/c1-2-11-3-5-12(6-4-11)8-16-14(7-13(17)18)9-15-10-14/h11-12,15-16H,2-10H2,1H3,(H,17,18). The largest absolute Gasteiger partial charge is 0.481 e. The molecule has 1 saturated carbocycles. The topological polar surface area (TPSA) is 61.4 Å². The van der Waals surface area contributed by atoms with Gasteiger partial charge in [0, 0.05) is 13.1 Å². The highest BCUT2D eigenvalue weighted by Crippen LogP contribution is 2.30. The van der Waals surface area contributed by atoms with Gasteiger partial charge in [-0.15, -0.1) is 0 Å². The summed E-state index contributed by atoms with van der Waals surface area (Å²) in [5.74, 6) is 0.984. The van der Waals surface area contributed by atoms with Gasteiger partial charge in [-0.1, -0.05) is 26.2 Å². The maximum absolute atomic E-state index is 10.9. The average Bonchev–Trinajstić information content (AvgIpc) is 2.32. The molecule has 2 fully saturated rings. The first-order valence-electron chi connectivity index (χ1n) is 7.31. The van der Waals surface area contributed by atoms with E-state index in [1.54, 1.807) is 0 Å². The molecule has 0 aromatic carbocycles. The highest BCUT2D eigenvalue weighted by atomic mass is 16.4. The maximum atomic E-state index is 10.9. The quantitative estimate of drug-likeness (QED) is 0.674. The SMILES string of the molecule is CCC1CCC(CNC2(CC(=O)O)CNC2)CC1. The summed E-state index contributed by atoms with van der Waals surface area (Å²) in [6.07, 6.45) is 6.88. The number of nitrogens with one attached hydrogen (secondary N) is 2. The molecule has 2 rings (SSSR count). The summed E-state index contributed by atoms with van der Waals surface area (Å²) in [5, 5.41) is 15.7. The third-order valence-corrected chi connectivity index (χ3v) is 4.73. The highest BCUT2D eigenvalue weighted by molar-refractivity contribution is 5.68. The van der Waals surface area contributed by atoms with E-state index in [2.05, 4.69) is 17.6 Å². The summed E-state index contributed by atoms with van der Waals surface area (Å²) >= 11 is 0. The number of rotatable bonds is 6. The second-order valence-corrected chi connectivity index (χ2v) is 6.13. The van der Waals surface area contributed by atoms with Crippen molar-refractivity contribution in [3.8, 4) is 0 Å². The number of aliphatic carboxylic acids is 1. The third kappa shape index (κ3) is 3.45. The molecule has 104 valence electrons. The molecule has 2 aliphatic rings. The predicted molar refractivity (Wildman–Crippen MR) is 71.6 cm³/mol. The van der Waals surface area contributed by atoms with Crippen molar-refractivity contribution in [1.82, 2.24) is 10.6 Å². The Labute approximate surface area is 110 Å². The molecular weight excluding hydrogens is 228 g/mol. The van der Waals surface area contributed by atoms with Gasteiger partial charge >= 0.3 is 5.97 Å². The van der Waals surface area contributed by atoms with Gasteiger partial charge in [0.15, 0.2) is 0 Å². The van der Waals surface area contributed by atoms with E-state index in [0.29, 0.717) is 0 Å². The summed E-state index contributed by atoms with van der Waals surface area (Å²) in [5.41, 5.74) is -0.173. The van der Waals surface area contributed by atoms with Crippen LogP contribution in [0.2, 0.25) is 0 Å². The lowest BCUT2D eigenvalue weighted by molar-refractivity contribution is -0.139. The first-order valence-corrected chi connectivity index (χ1v) is 7.31. The van der Waals surface area contributed by atoms with E-state index < -0.39 is 5.97 Å². The van der Waals surface area contributed by atoms with Crippen LogP contribution in [-0.4, -0.2) is 36.2 Å². The van der Waals surface area contributed by atoms with Crippen LogP contribution in [0.1, 0.15) is 45.4 Å². The van der Waals surface area contributed by atoms with E-state index in [-0.39, 0.29) is 12.0 Å². The Balaban J connectivity index is 1.72. The van der Waals surface area contributed by atoms with E-state index in [1.165, 1.54) is 32.1 Å². The van der Waals surface area contributed by atoms with Crippen molar-refractivity contribution in [1.29, 1.82) is 0 Å². The van der Waals surface area contributed by atoms with Crippen molar-refractivity contribution >= 4 is 5.97 Å². The zero-order chi connectivity index (χ0) is 13.0. The van der Waals surface area contributed by atoms with Crippen molar-refractivity contribution < 1.29 is 9.90 Å². The summed E-state index contributed by atoms with van der Waals surface area (Å²) in [6, 6.07) is 0. The molecule has 1 heterocycles. The van der Waals surface area contributed by atoms with E-state index >= 15 is 0 Å². The van der Waals surface area contributed by atoms with Crippen LogP contribution < -0.4 is 10.6 Å². The molecule has 0 atom stereocenters. The van der Waals surface area contributed by atoms with Gasteiger partial charge in [-0.2, -0.15) is 0 Å². The monoisotopic (exact) mass is 254 g/mol. The molecule has 18 heavy (non-hydrogen) atoms. The van der Waals surface area contributed by atoms with E-state index in [1.807, 2.05) is 0 Å². The van der Waals surface area contributed by atoms with Crippen LogP contribution >= 0.6 is 0 Å². The fourth-order valence-corrected chi connectivity index (χ4v) is 3.23. The van der Waals surface area contributed by atoms with Crippen LogP contribution in [0.15, 0.2) is 0 Å². The Morgan fingerprint density at radius 2 is 1.89 bits per heavy atom. The Morgan fingerprint density at radius 1 is 1.28 bits per heavy atom. The lowest BCUT2D eigenvalue weighted by Gasteiger charge is -2.44. The Hall–Kier alpha value is -0.610. The summed E-state index contributed by atoms with van der Waals surface area (Å²) in [7, 11) is 0. The molecule has 1 aliphatic carbocycles. The Morgan fingerprint density at radius 3 is 2.33 bits per heavy atom. The number of carbonyl (C=O) groups is 1. The first-order chi connectivity index (χ1) is 8.63. The molecule has 1 aliphatic heterocycles. The van der Waals surface area contributed by atoms with Crippen LogP contribution in [0.5, 0.6) is 0 Å². The van der Waals surface area contributed by atoms with Gasteiger partial charge in [0.2, 0.25) is 0 Å². The van der Waals surface area contributed by atoms with Gasteiger partial charge in [0.25, 0.3) is 0 Å². The van der Waals surface area contributed by atoms with Gasteiger partial charge in [-0.05, 0) is 31.2 Å². The zero-order valence-electron chi connectivity index (χ0n) is 11.4. The van der Waals surface area contributed by atoms with Crippen LogP contribution in [0, 0.1) is 11.8 Å². The Kier molecular flexibility index (Phi) is 4.62. The predicted octanol–water partition coefficient (Wildman–Crippen LogP) is 1.61. The number of carboxylic acids is 1. The molecule has 0 aromatic rings. The second-order valence-electron chi connectivity index (χ2n) is 6.13. The van der Waals surface area contributed by atoms with Gasteiger partial charge in [-0.3, -0.25) is 4.79 Å². The molecule has 0 amide bonds. The van der Waals surface area contributed by atoms with Gasteiger partial charge < -0.3 is 15.7 Å². The smallest absolute Gasteiger partial charge is 0.305 e. The molecular formula is C14H26N2O2. The van der Waals surface area contributed by atoms with Crippen molar-refractivity contribution in [2.45, 2.75) is 51.0 Å². The van der Waals surface area contributed by atoms with Gasteiger partial charge in [-0.25, -0.2) is 0 Å². The maximum Gasteiger partial charge on any atom is 0.305 e. The van der Waals surface area contributed by atoms with Crippen molar-refractivity contribution in [2.75, 3.05) is 19.6 Å². The molecule has 0 bridgehead atoms. The fraction of sp³-hybridized carbons (Fsp3) is 0.929. The molecule has 0 aromatic heterocycles. The van der Waals surface area contributed by atoms with Crippen molar-refractivity contribution in [3.05, 3.63) is 0 Å². The zero-order valence-corrected chi connectivity index (χ0v) is 11.4. The summed E-state index contributed by atoms with van der Waals surface area (Å²) in [6.45, 7) is 4.86. The van der Waals surface area contributed by atoms with Crippen LogP contribution in [0.4, 0.5) is 0 Å². The minimum absolute atomic E-state index is 0.173. The van der Waals surface area contributed by atoms with Gasteiger partial charge in [0.1, 0.15) is 0 Å². The van der Waals surface area contributed by atoms with Crippen LogP contribution in [0.3, 0.4) is 0 Å². The summed E-state index contributed by atoms with van der Waals surface area (Å²) < 4.78 is 0. The number of hydrogen-bond donors (Lipinski definition) is 3. The lowest BCUT2D eigenvalue weighted by atomic mass is 9.80. The fourth-order valence-electron chi connectivity index (χ4n) is 3.23. The second kappa shape index (κ2) is 6.02. The van der Waals surface area contributed by atoms with Crippen LogP contribution in [0.25, 0.3) is 0 Å². The average molecular weight is 254 g/mol. The normalized spacial score (nSPS) is 30.7. The molecule has 3 N–H and O–H groups in total. The Bertz CT molecular complexity index is 282. The molecule has 4 heteroatoms. The van der Waals surface area contributed by atoms with Crippen molar-refractivity contribution in [2.24, 2.45) is 11.8 Å². The molecule has 0 spiro atoms. The minimum atomic E-state index is -0.696. The van der Waals surface area contributed by atoms with E-state index in [9.17, 15) is 4.79 Å². The third-order valence-electron chi connectivity index (χ3n) is 4.73. The lowest BCUT2D eigenvalue weighted by Crippen LogP contribution is -2.69. The summed E-state index contributed by atoms with van der Waals surface area (Å²) in [4.78, 5) is 10.9. The number of carboxylic acid groups (broad SMARTS) is 1. The van der Waals surface area contributed by atoms with Crippen LogP contribution in [-0.2, 0) is 4.79 Å². The minimum Gasteiger partial charge on any atom is -0.481 e. The molecule has 0 unspecified atom stereocenters. The number of hydrogen-bond acceptors (Lipinski definition) is 3. The van der Waals surface area contributed by atoms with E-state index in [0.717, 1.165) is 31.5 Å². The first kappa shape index (κ1) is 13.8. The van der Waals surface area contributed by atoms with Gasteiger partial charge in [0.05, 0.1) is 12.0 Å². The highest BCUT2D eigenvalue weighted by Gasteiger charge is 2.39. The molecule has 1 saturated heterocycles. The van der Waals surface area contributed by atoms with E-state index in [4.69, 9.17) is 5.11 Å². The molecule has 4 nitrogen and oxygen atoms in total. The van der Waals surface area contributed by atoms with Crippen molar-refractivity contribution in [3.63, 3.8) is 0 Å².